The van der Waals surface area contributed by atoms with Crippen LogP contribution in [-0.4, -0.2) is 131 Å². The number of rotatable bonds is 18. The van der Waals surface area contributed by atoms with E-state index in [2.05, 4.69) is 88.7 Å². The number of hydrogen-bond acceptors (Lipinski definition) is 11. The van der Waals surface area contributed by atoms with Crippen LogP contribution in [0, 0.1) is 24.2 Å². The van der Waals surface area contributed by atoms with Crippen molar-refractivity contribution in [2.45, 2.75) is 161 Å². The molecular weight excluding hydrogens is 927 g/mol. The average Bonchev–Trinajstić information content (AvgIpc) is 4.18. The summed E-state index contributed by atoms with van der Waals surface area (Å²) in [5.74, 6) is 3.30. The van der Waals surface area contributed by atoms with Crippen LogP contribution in [0.1, 0.15) is 130 Å². The maximum Gasteiger partial charge on any atom is 0.407 e. The van der Waals surface area contributed by atoms with Gasteiger partial charge in [-0.05, 0) is 120 Å². The number of amides is 4. The summed E-state index contributed by atoms with van der Waals surface area (Å²) in [5, 5.41) is 5.74. The molecule has 2 fully saturated rings. The zero-order chi connectivity index (χ0) is 52.7. The number of ether oxygens (including phenoxy) is 4. The van der Waals surface area contributed by atoms with Crippen molar-refractivity contribution in [2.75, 3.05) is 39.3 Å². The number of likely N-dealkylation sites (N-methyl/N-ethyl adjacent to an activating group) is 1. The molecule has 4 aromatic rings. The second kappa shape index (κ2) is 24.1. The molecule has 5 heterocycles. The first kappa shape index (κ1) is 54.4. The Kier molecular flexibility index (Phi) is 18.0. The molecule has 9 atom stereocenters. The van der Waals surface area contributed by atoms with Crippen LogP contribution in [0.4, 0.5) is 15.3 Å². The first-order valence-corrected chi connectivity index (χ1v) is 26.2. The Bertz CT molecular complexity index is 2570. The molecule has 3 aliphatic heterocycles. The van der Waals surface area contributed by atoms with Crippen LogP contribution in [0.25, 0.3) is 33.6 Å². The van der Waals surface area contributed by atoms with Gasteiger partial charge in [-0.1, -0.05) is 63.1 Å². The largest absolute Gasteiger partial charge is 0.453 e. The fourth-order valence-electron chi connectivity index (χ4n) is 11.6. The van der Waals surface area contributed by atoms with Gasteiger partial charge >= 0.3 is 12.2 Å². The van der Waals surface area contributed by atoms with E-state index in [-0.39, 0.29) is 48.0 Å². The SMILES string of the molecule is C#CC(CC)N(C(=O)C(NC(=O)OC)C1CCOC(C)C1)C(C)c1ncc(-c2ccc(-c3ccc(-c4cnc(C(C)N(C(=O)C(NC(=O)OC)C5CC(C)OC(C)C5)C(CC)CC)[nH]4)c4c3CCN4C)cc2)[nH]1. The molecule has 4 amide bonds. The first-order chi connectivity index (χ1) is 35.0. The normalized spacial score (nSPS) is 21.7. The van der Waals surface area contributed by atoms with Gasteiger partial charge in [0, 0.05) is 37.5 Å². The molecule has 394 valence electrons. The quantitative estimate of drug-likeness (QED) is 0.0695. The number of aromatic amines is 2. The van der Waals surface area contributed by atoms with E-state index in [1.54, 1.807) is 11.1 Å². The summed E-state index contributed by atoms with van der Waals surface area (Å²) in [6, 6.07) is 9.44. The second-order valence-corrected chi connectivity index (χ2v) is 20.2. The smallest absolute Gasteiger partial charge is 0.407 e. The Morgan fingerprint density at radius 2 is 1.30 bits per heavy atom. The van der Waals surface area contributed by atoms with Crippen molar-refractivity contribution in [3.63, 3.8) is 0 Å². The second-order valence-electron chi connectivity index (χ2n) is 20.2. The van der Waals surface area contributed by atoms with Crippen LogP contribution in [0.15, 0.2) is 48.8 Å². The van der Waals surface area contributed by atoms with E-state index in [9.17, 15) is 19.2 Å². The number of aromatic nitrogens is 4. The van der Waals surface area contributed by atoms with Crippen molar-refractivity contribution in [1.29, 1.82) is 0 Å². The van der Waals surface area contributed by atoms with Crippen molar-refractivity contribution in [3.8, 4) is 46.0 Å². The zero-order valence-electron chi connectivity index (χ0n) is 44.6. The molecule has 0 saturated carbocycles. The fourth-order valence-corrected chi connectivity index (χ4v) is 11.6. The molecular formula is C56H77N9O8. The van der Waals surface area contributed by atoms with Gasteiger partial charge in [0.2, 0.25) is 11.8 Å². The number of carbonyl (C=O) groups is 4. The predicted molar refractivity (Wildman–Crippen MR) is 281 cm³/mol. The third kappa shape index (κ3) is 11.9. The highest BCUT2D eigenvalue weighted by molar-refractivity contribution is 5.89. The standard InChI is InChI=1S/C56H77N9O8/c1-13-41(14-2)64(53(66)48(61-55(68)70-11)39-24-26-72-32(5)27-39)35(8)51-57-30-46(59-51)38-19-17-37(18-20-38)43-21-22-45(50-44(43)23-25-63(50)10)47-31-58-52(60-47)36(9)65(42(15-3)16-4)54(67)49(62-56(69)71-12)40-28-33(6)73-34(7)29-40/h1,17-22,30-36,39-42,48-49H,14-16,23-29H2,2-12H3,(H,57,59)(H,58,60)(H,61,68)(H,62,69). The molecule has 2 saturated heterocycles. The first-order valence-electron chi connectivity index (χ1n) is 26.2. The minimum atomic E-state index is -0.859. The summed E-state index contributed by atoms with van der Waals surface area (Å²) in [6.45, 7) is 17.3. The molecule has 9 unspecified atom stereocenters. The molecule has 3 aliphatic rings. The van der Waals surface area contributed by atoms with Crippen LogP contribution in [0.5, 0.6) is 0 Å². The van der Waals surface area contributed by atoms with Gasteiger partial charge in [-0.25, -0.2) is 19.6 Å². The van der Waals surface area contributed by atoms with E-state index in [1.165, 1.54) is 19.8 Å². The van der Waals surface area contributed by atoms with E-state index in [0.717, 1.165) is 65.1 Å². The molecule has 0 spiro atoms. The molecule has 0 radical (unpaired) electrons. The lowest BCUT2D eigenvalue weighted by atomic mass is 9.85. The number of carbonyl (C=O) groups excluding carboxylic acids is 4. The van der Waals surface area contributed by atoms with Crippen molar-refractivity contribution < 1.29 is 38.1 Å². The maximum absolute atomic E-state index is 14.9. The van der Waals surface area contributed by atoms with Gasteiger partial charge in [0.15, 0.2) is 0 Å². The number of methoxy groups -OCH3 is 2. The predicted octanol–water partition coefficient (Wildman–Crippen LogP) is 8.97. The molecule has 7 rings (SSSR count). The minimum absolute atomic E-state index is 0.0515. The summed E-state index contributed by atoms with van der Waals surface area (Å²) in [7, 11) is 4.72. The van der Waals surface area contributed by atoms with Crippen molar-refractivity contribution in [2.24, 2.45) is 11.8 Å². The molecule has 4 N–H and O–H groups in total. The molecule has 2 aromatic heterocycles. The third-order valence-electron chi connectivity index (χ3n) is 15.4. The number of terminal acetylenes is 1. The summed E-state index contributed by atoms with van der Waals surface area (Å²) in [4.78, 5) is 77.5. The third-order valence-corrected chi connectivity index (χ3v) is 15.4. The van der Waals surface area contributed by atoms with Crippen molar-refractivity contribution in [1.82, 2.24) is 40.4 Å². The van der Waals surface area contributed by atoms with Gasteiger partial charge in [-0.2, -0.15) is 0 Å². The Hall–Kier alpha value is -6.38. The van der Waals surface area contributed by atoms with E-state index in [0.29, 0.717) is 50.4 Å². The summed E-state index contributed by atoms with van der Waals surface area (Å²) >= 11 is 0. The average molecular weight is 1000 g/mol. The monoisotopic (exact) mass is 1000 g/mol. The highest BCUT2D eigenvalue weighted by atomic mass is 16.5. The lowest BCUT2D eigenvalue weighted by Crippen LogP contribution is -2.57. The Labute approximate surface area is 431 Å². The van der Waals surface area contributed by atoms with Crippen LogP contribution in [-0.2, 0) is 35.0 Å². The van der Waals surface area contributed by atoms with Gasteiger partial charge in [0.1, 0.15) is 23.7 Å². The molecule has 73 heavy (non-hydrogen) atoms. The number of fused-ring (bicyclic) bond motifs is 1. The van der Waals surface area contributed by atoms with Crippen LogP contribution < -0.4 is 15.5 Å². The summed E-state index contributed by atoms with van der Waals surface area (Å²) in [6.07, 6.45) is 13.5. The highest BCUT2D eigenvalue weighted by Crippen LogP contribution is 2.43. The number of H-pyrrole nitrogens is 2. The van der Waals surface area contributed by atoms with Crippen LogP contribution >= 0.6 is 0 Å². The zero-order valence-corrected chi connectivity index (χ0v) is 44.6. The van der Waals surface area contributed by atoms with Crippen LogP contribution in [0.2, 0.25) is 0 Å². The minimum Gasteiger partial charge on any atom is -0.453 e. The Morgan fingerprint density at radius 3 is 1.88 bits per heavy atom. The van der Waals surface area contributed by atoms with E-state index < -0.39 is 42.4 Å². The fraction of sp³-hybridized carbons (Fsp3) is 0.571. The number of benzene rings is 2. The van der Waals surface area contributed by atoms with Gasteiger partial charge in [0.25, 0.3) is 0 Å². The highest BCUT2D eigenvalue weighted by Gasteiger charge is 2.43. The van der Waals surface area contributed by atoms with Gasteiger partial charge in [0.05, 0.1) is 74.4 Å². The number of nitrogens with one attached hydrogen (secondary N) is 4. The number of anilines is 1. The van der Waals surface area contributed by atoms with E-state index in [4.69, 9.17) is 35.3 Å². The lowest BCUT2D eigenvalue weighted by Gasteiger charge is -2.41. The number of hydrogen-bond donors (Lipinski definition) is 4. The summed E-state index contributed by atoms with van der Waals surface area (Å²) in [5.41, 5.74) is 8.15. The lowest BCUT2D eigenvalue weighted by molar-refractivity contribution is -0.143. The molecule has 0 aliphatic carbocycles. The number of imidazole rings is 2. The topological polar surface area (TPSA) is 196 Å². The van der Waals surface area contributed by atoms with Gasteiger partial charge < -0.3 is 54.2 Å². The number of nitrogens with zero attached hydrogens (tertiary/aromatic N) is 5. The molecule has 17 nitrogen and oxygen atoms in total. The van der Waals surface area contributed by atoms with Crippen LogP contribution in [0.3, 0.4) is 0 Å². The molecule has 2 aromatic carbocycles. The molecule has 17 heteroatoms. The molecule has 0 bridgehead atoms. The van der Waals surface area contributed by atoms with E-state index in [1.807, 2.05) is 52.6 Å². The van der Waals surface area contributed by atoms with Crippen molar-refractivity contribution >= 4 is 29.7 Å². The summed E-state index contributed by atoms with van der Waals surface area (Å²) < 4.78 is 21.8. The number of alkyl carbamates (subject to hydrolysis) is 2. The van der Waals surface area contributed by atoms with E-state index >= 15 is 0 Å². The Morgan fingerprint density at radius 1 is 0.767 bits per heavy atom. The van der Waals surface area contributed by atoms with Crippen molar-refractivity contribution in [3.05, 3.63) is 66.0 Å². The van der Waals surface area contributed by atoms with Gasteiger partial charge in [-0.3, -0.25) is 9.59 Å². The maximum atomic E-state index is 14.9. The van der Waals surface area contributed by atoms with Gasteiger partial charge in [-0.15, -0.1) is 6.42 Å². The Balaban J connectivity index is 1.13.